The maximum absolute atomic E-state index is 5.37. The van der Waals surface area contributed by atoms with E-state index >= 15 is 0 Å². The minimum absolute atomic E-state index is 0.362. The van der Waals surface area contributed by atoms with Gasteiger partial charge in [-0.05, 0) is 15.9 Å². The van der Waals surface area contributed by atoms with Crippen molar-refractivity contribution < 1.29 is 4.74 Å². The van der Waals surface area contributed by atoms with E-state index in [1.165, 1.54) is 13.3 Å². The number of nitrogen functional groups attached to an aromatic ring is 1. The SMILES string of the molecule is COc1cnc(N)c(Br)n1. The highest BCUT2D eigenvalue weighted by molar-refractivity contribution is 9.10. The van der Waals surface area contributed by atoms with Gasteiger partial charge in [-0.3, -0.25) is 0 Å². The lowest BCUT2D eigenvalue weighted by atomic mass is 10.7. The Balaban J connectivity index is 3.04. The summed E-state index contributed by atoms with van der Waals surface area (Å²) in [5, 5.41) is 0. The molecule has 0 aliphatic rings. The molecule has 54 valence electrons. The highest BCUT2D eigenvalue weighted by Crippen LogP contribution is 2.16. The minimum Gasteiger partial charge on any atom is -0.480 e. The second-order valence-electron chi connectivity index (χ2n) is 1.59. The van der Waals surface area contributed by atoms with Gasteiger partial charge in [0.05, 0.1) is 13.3 Å². The lowest BCUT2D eigenvalue weighted by Crippen LogP contribution is -1.95. The third kappa shape index (κ3) is 1.36. The van der Waals surface area contributed by atoms with Gasteiger partial charge in [-0.15, -0.1) is 0 Å². The van der Waals surface area contributed by atoms with Gasteiger partial charge in [0, 0.05) is 0 Å². The molecule has 0 unspecified atom stereocenters. The van der Waals surface area contributed by atoms with Crippen molar-refractivity contribution in [1.82, 2.24) is 9.97 Å². The number of nitrogens with zero attached hydrogens (tertiary/aromatic N) is 2. The first-order valence-corrected chi connectivity index (χ1v) is 3.35. The Morgan fingerprint density at radius 2 is 2.40 bits per heavy atom. The van der Waals surface area contributed by atoms with Gasteiger partial charge >= 0.3 is 0 Å². The molecule has 0 amide bonds. The number of methoxy groups -OCH3 is 1. The molecule has 0 radical (unpaired) electrons. The first-order chi connectivity index (χ1) is 4.74. The van der Waals surface area contributed by atoms with Gasteiger partial charge in [0.25, 0.3) is 0 Å². The Morgan fingerprint density at radius 1 is 1.70 bits per heavy atom. The van der Waals surface area contributed by atoms with Crippen LogP contribution in [-0.4, -0.2) is 17.1 Å². The standard InChI is InChI=1S/C5H6BrN3O/c1-10-3-2-8-5(7)4(6)9-3/h2H,1H3,(H2,7,8). The fourth-order valence-corrected chi connectivity index (χ4v) is 0.736. The van der Waals surface area contributed by atoms with Crippen LogP contribution in [-0.2, 0) is 0 Å². The van der Waals surface area contributed by atoms with Crippen molar-refractivity contribution in [2.24, 2.45) is 0 Å². The minimum atomic E-state index is 0.362. The number of ether oxygens (including phenoxy) is 1. The summed E-state index contributed by atoms with van der Waals surface area (Å²) in [5.74, 6) is 0.807. The van der Waals surface area contributed by atoms with E-state index in [-0.39, 0.29) is 0 Å². The summed E-state index contributed by atoms with van der Waals surface area (Å²) in [6.07, 6.45) is 1.46. The van der Waals surface area contributed by atoms with Gasteiger partial charge in [0.2, 0.25) is 5.88 Å². The van der Waals surface area contributed by atoms with E-state index < -0.39 is 0 Å². The van der Waals surface area contributed by atoms with Crippen LogP contribution in [0.25, 0.3) is 0 Å². The third-order valence-electron chi connectivity index (χ3n) is 0.943. The van der Waals surface area contributed by atoms with Crippen LogP contribution in [0.2, 0.25) is 0 Å². The lowest BCUT2D eigenvalue weighted by Gasteiger charge is -1.98. The number of hydrogen-bond acceptors (Lipinski definition) is 4. The largest absolute Gasteiger partial charge is 0.480 e. The predicted octanol–water partition coefficient (Wildman–Crippen LogP) is 0.830. The van der Waals surface area contributed by atoms with Crippen LogP contribution in [0.3, 0.4) is 0 Å². The molecule has 2 N–H and O–H groups in total. The van der Waals surface area contributed by atoms with E-state index in [9.17, 15) is 0 Å². The topological polar surface area (TPSA) is 61.0 Å². The van der Waals surface area contributed by atoms with Crippen molar-refractivity contribution >= 4 is 21.7 Å². The van der Waals surface area contributed by atoms with Crippen molar-refractivity contribution in [3.8, 4) is 5.88 Å². The number of nitrogens with two attached hydrogens (primary N) is 1. The van der Waals surface area contributed by atoms with Crippen LogP contribution in [0.1, 0.15) is 0 Å². The summed E-state index contributed by atoms with van der Waals surface area (Å²) in [7, 11) is 1.52. The van der Waals surface area contributed by atoms with E-state index in [4.69, 9.17) is 10.5 Å². The van der Waals surface area contributed by atoms with Crippen LogP contribution in [0.4, 0.5) is 5.82 Å². The summed E-state index contributed by atoms with van der Waals surface area (Å²) >= 11 is 3.11. The van der Waals surface area contributed by atoms with Gasteiger partial charge in [-0.25, -0.2) is 9.97 Å². The van der Waals surface area contributed by atoms with E-state index in [0.29, 0.717) is 16.3 Å². The highest BCUT2D eigenvalue weighted by Gasteiger charge is 1.98. The normalized spacial score (nSPS) is 9.40. The first kappa shape index (κ1) is 7.27. The summed E-state index contributed by atoms with van der Waals surface area (Å²) in [6, 6.07) is 0. The predicted molar refractivity (Wildman–Crippen MR) is 40.7 cm³/mol. The quantitative estimate of drug-likeness (QED) is 0.735. The van der Waals surface area contributed by atoms with Crippen molar-refractivity contribution in [3.63, 3.8) is 0 Å². The van der Waals surface area contributed by atoms with Gasteiger partial charge in [0.15, 0.2) is 10.4 Å². The first-order valence-electron chi connectivity index (χ1n) is 2.56. The molecule has 0 fully saturated rings. The van der Waals surface area contributed by atoms with Crippen LogP contribution in [0.5, 0.6) is 5.88 Å². The average molecular weight is 204 g/mol. The van der Waals surface area contributed by atoms with Crippen molar-refractivity contribution in [2.75, 3.05) is 12.8 Å². The van der Waals surface area contributed by atoms with E-state index in [1.54, 1.807) is 0 Å². The Bertz CT molecular complexity index is 240. The van der Waals surface area contributed by atoms with Crippen LogP contribution in [0, 0.1) is 0 Å². The molecule has 1 aromatic heterocycles. The molecule has 0 saturated heterocycles. The number of hydrogen-bond donors (Lipinski definition) is 1. The van der Waals surface area contributed by atoms with E-state index in [0.717, 1.165) is 0 Å². The zero-order chi connectivity index (χ0) is 7.56. The van der Waals surface area contributed by atoms with Gasteiger partial charge in [0.1, 0.15) is 0 Å². The van der Waals surface area contributed by atoms with Crippen molar-refractivity contribution in [3.05, 3.63) is 10.8 Å². The fraction of sp³-hybridized carbons (Fsp3) is 0.200. The number of aromatic nitrogens is 2. The summed E-state index contributed by atoms with van der Waals surface area (Å²) in [6.45, 7) is 0. The van der Waals surface area contributed by atoms with Crippen LogP contribution in [0.15, 0.2) is 10.8 Å². The second-order valence-corrected chi connectivity index (χ2v) is 2.34. The zero-order valence-corrected chi connectivity index (χ0v) is 6.92. The van der Waals surface area contributed by atoms with Crippen molar-refractivity contribution in [1.29, 1.82) is 0 Å². The maximum atomic E-state index is 5.37. The number of halogens is 1. The number of rotatable bonds is 1. The summed E-state index contributed by atoms with van der Waals surface area (Å²) < 4.78 is 5.30. The fourth-order valence-electron chi connectivity index (χ4n) is 0.459. The Morgan fingerprint density at radius 3 is 2.90 bits per heavy atom. The van der Waals surface area contributed by atoms with Gasteiger partial charge in [-0.2, -0.15) is 0 Å². The van der Waals surface area contributed by atoms with Crippen LogP contribution >= 0.6 is 15.9 Å². The Labute approximate surface area is 66.6 Å². The molecule has 0 atom stereocenters. The molecule has 1 rings (SSSR count). The maximum Gasteiger partial charge on any atom is 0.233 e. The van der Waals surface area contributed by atoms with Crippen molar-refractivity contribution in [2.45, 2.75) is 0 Å². The molecule has 0 aliphatic heterocycles. The molecule has 10 heavy (non-hydrogen) atoms. The van der Waals surface area contributed by atoms with E-state index in [1.807, 2.05) is 0 Å². The molecule has 1 aromatic rings. The Hall–Kier alpha value is -0.840. The number of anilines is 1. The molecule has 1 heterocycles. The highest BCUT2D eigenvalue weighted by atomic mass is 79.9. The van der Waals surface area contributed by atoms with Gasteiger partial charge in [-0.1, -0.05) is 0 Å². The summed E-state index contributed by atoms with van der Waals surface area (Å²) in [5.41, 5.74) is 5.37. The lowest BCUT2D eigenvalue weighted by molar-refractivity contribution is 0.395. The molecule has 0 aromatic carbocycles. The third-order valence-corrected chi connectivity index (χ3v) is 1.53. The van der Waals surface area contributed by atoms with Crippen LogP contribution < -0.4 is 10.5 Å². The molecule has 0 spiro atoms. The second kappa shape index (κ2) is 2.83. The Kier molecular flexibility index (Phi) is 2.06. The van der Waals surface area contributed by atoms with Gasteiger partial charge < -0.3 is 10.5 Å². The molecule has 4 nitrogen and oxygen atoms in total. The average Bonchev–Trinajstić information content (AvgIpc) is 1.95. The molecular weight excluding hydrogens is 198 g/mol. The molecule has 0 aliphatic carbocycles. The molecular formula is C5H6BrN3O. The zero-order valence-electron chi connectivity index (χ0n) is 5.34. The smallest absolute Gasteiger partial charge is 0.233 e. The molecule has 5 heteroatoms. The molecule has 0 saturated carbocycles. The summed E-state index contributed by atoms with van der Waals surface area (Å²) in [4.78, 5) is 7.69. The molecule has 0 bridgehead atoms. The monoisotopic (exact) mass is 203 g/mol. The van der Waals surface area contributed by atoms with E-state index in [2.05, 4.69) is 25.9 Å².